The summed E-state index contributed by atoms with van der Waals surface area (Å²) in [5.74, 6) is -0.637. The van der Waals surface area contributed by atoms with E-state index in [1.165, 1.54) is 41.7 Å². The Morgan fingerprint density at radius 1 is 0.881 bits per heavy atom. The third-order valence-electron chi connectivity index (χ3n) is 5.66. The van der Waals surface area contributed by atoms with Gasteiger partial charge >= 0.3 is 0 Å². The molecule has 0 atom stereocenters. The van der Waals surface area contributed by atoms with Crippen LogP contribution in [0.5, 0.6) is 0 Å². The van der Waals surface area contributed by atoms with Crippen molar-refractivity contribution in [2.24, 2.45) is 0 Å². The molecule has 0 aliphatic heterocycles. The Bertz CT molecular complexity index is 1470. The van der Waals surface area contributed by atoms with Crippen molar-refractivity contribution < 1.29 is 26.4 Å². The lowest BCUT2D eigenvalue weighted by molar-refractivity contribution is -0.115. The van der Waals surface area contributed by atoms with Crippen LogP contribution in [0.3, 0.4) is 0 Å². The number of carbonyl (C=O) groups is 2. The number of benzene rings is 1. The van der Waals surface area contributed by atoms with Gasteiger partial charge in [0.2, 0.25) is 6.41 Å². The van der Waals surface area contributed by atoms with Gasteiger partial charge in [-0.1, -0.05) is 31.4 Å². The first-order chi connectivity index (χ1) is 19.9. The second kappa shape index (κ2) is 15.3. The molecule has 0 saturated heterocycles. The van der Waals surface area contributed by atoms with Gasteiger partial charge in [-0.2, -0.15) is 0 Å². The molecule has 0 spiro atoms. The lowest BCUT2D eigenvalue weighted by atomic mass is 9.96. The second-order valence-corrected chi connectivity index (χ2v) is 15.5. The first-order valence-corrected chi connectivity index (χ1v) is 17.8. The Morgan fingerprint density at radius 2 is 1.38 bits per heavy atom. The number of nitrogens with zero attached hydrogens (tertiary/aromatic N) is 1. The number of rotatable bonds is 9. The lowest BCUT2D eigenvalue weighted by Gasteiger charge is -2.24. The normalized spacial score (nSPS) is 13.6. The molecular weight excluding hydrogens is 641 g/mol. The molecule has 2 aromatic heterocycles. The maximum Gasteiger partial charge on any atom is 0.271 e. The lowest BCUT2D eigenvalue weighted by Crippen LogP contribution is -2.50. The van der Waals surface area contributed by atoms with Crippen molar-refractivity contribution in [3.63, 3.8) is 0 Å². The van der Waals surface area contributed by atoms with E-state index in [4.69, 9.17) is 12.2 Å². The average molecular weight is 673 g/mol. The van der Waals surface area contributed by atoms with Gasteiger partial charge in [-0.3, -0.25) is 29.9 Å². The number of amides is 2. The third-order valence-corrected chi connectivity index (χ3v) is 11.4. The van der Waals surface area contributed by atoms with Crippen molar-refractivity contribution >= 4 is 83.7 Å². The zero-order valence-corrected chi connectivity index (χ0v) is 26.9. The summed E-state index contributed by atoms with van der Waals surface area (Å²) in [7, 11) is -4.51. The predicted molar refractivity (Wildman–Crippen MR) is 170 cm³/mol. The molecule has 2 amide bonds. The van der Waals surface area contributed by atoms with E-state index in [-0.39, 0.29) is 36.5 Å². The van der Waals surface area contributed by atoms with Crippen LogP contribution in [-0.2, 0) is 24.8 Å². The fraction of sp³-hybridized carbons (Fsp3) is 0.320. The molecule has 12 nitrogen and oxygen atoms in total. The van der Waals surface area contributed by atoms with Crippen LogP contribution in [0.4, 0.5) is 11.4 Å². The molecule has 2 heterocycles. The summed E-state index contributed by atoms with van der Waals surface area (Å²) < 4.78 is 56.0. The molecule has 42 heavy (non-hydrogen) atoms. The minimum atomic E-state index is -3.94. The number of hydrogen-bond donors (Lipinski definition) is 5. The summed E-state index contributed by atoms with van der Waals surface area (Å²) in [6, 6.07) is 10.2. The summed E-state index contributed by atoms with van der Waals surface area (Å²) in [4.78, 5) is 23.8. The van der Waals surface area contributed by atoms with Crippen LogP contribution in [0, 0.1) is 0 Å². The molecule has 0 radical (unpaired) electrons. The van der Waals surface area contributed by atoms with Crippen LogP contribution in [0.25, 0.3) is 0 Å². The van der Waals surface area contributed by atoms with Crippen LogP contribution in [0.2, 0.25) is 0 Å². The molecule has 228 valence electrons. The third kappa shape index (κ3) is 10.2. The summed E-state index contributed by atoms with van der Waals surface area (Å²) in [5, 5.41) is 6.66. The van der Waals surface area contributed by atoms with Gasteiger partial charge in [0.25, 0.3) is 26.0 Å². The van der Waals surface area contributed by atoms with E-state index in [2.05, 4.69) is 25.6 Å². The van der Waals surface area contributed by atoms with E-state index in [0.717, 1.165) is 54.8 Å². The zero-order valence-electron chi connectivity index (χ0n) is 22.8. The summed E-state index contributed by atoms with van der Waals surface area (Å²) in [6.07, 6.45) is 6.17. The van der Waals surface area contributed by atoms with Crippen molar-refractivity contribution in [3.8, 4) is 0 Å². The molecule has 1 saturated carbocycles. The van der Waals surface area contributed by atoms with Gasteiger partial charge in [-0.15, -0.1) is 22.7 Å². The summed E-state index contributed by atoms with van der Waals surface area (Å²) >= 11 is 7.32. The van der Waals surface area contributed by atoms with Gasteiger partial charge in [-0.25, -0.2) is 16.8 Å². The Morgan fingerprint density at radius 3 is 1.81 bits per heavy atom. The molecule has 1 aromatic carbocycles. The highest BCUT2D eigenvalue weighted by Gasteiger charge is 2.21. The average Bonchev–Trinajstić information content (AvgIpc) is 3.68. The van der Waals surface area contributed by atoms with E-state index in [1.807, 2.05) is 0 Å². The first-order valence-electron chi connectivity index (χ1n) is 12.7. The number of carbonyl (C=O) groups excluding carboxylic acids is 2. The van der Waals surface area contributed by atoms with E-state index < -0.39 is 26.0 Å². The summed E-state index contributed by atoms with van der Waals surface area (Å²) in [6.45, 7) is 0. The number of hydrazine groups is 1. The number of hydrogen-bond acceptors (Lipinski definition) is 9. The molecule has 17 heteroatoms. The maximum absolute atomic E-state index is 12.9. The molecule has 5 N–H and O–H groups in total. The number of anilines is 2. The van der Waals surface area contributed by atoms with Crippen LogP contribution in [0.1, 0.15) is 42.5 Å². The molecule has 0 bridgehead atoms. The number of sulfonamides is 2. The Labute approximate surface area is 259 Å². The van der Waals surface area contributed by atoms with Crippen LogP contribution in [0.15, 0.2) is 61.6 Å². The SMILES string of the molecule is CN(C)C=O.O=C(NNC(=S)NC1CCCCC1)c1cc(NS(=O)(=O)c2cccs2)cc(NS(=O)(=O)c2cccs2)c1. The fourth-order valence-corrected chi connectivity index (χ4v) is 8.06. The Balaban J connectivity index is 0.000000892. The monoisotopic (exact) mass is 672 g/mol. The van der Waals surface area contributed by atoms with Gasteiger partial charge in [0.1, 0.15) is 8.42 Å². The minimum Gasteiger partial charge on any atom is -0.359 e. The minimum absolute atomic E-state index is 0.00299. The molecule has 1 fully saturated rings. The molecule has 1 aliphatic rings. The quantitative estimate of drug-likeness (QED) is 0.130. The van der Waals surface area contributed by atoms with Crippen molar-refractivity contribution in [1.29, 1.82) is 0 Å². The van der Waals surface area contributed by atoms with E-state index in [0.29, 0.717) is 0 Å². The smallest absolute Gasteiger partial charge is 0.271 e. The van der Waals surface area contributed by atoms with Crippen LogP contribution in [-0.4, -0.2) is 59.3 Å². The zero-order chi connectivity index (χ0) is 30.8. The van der Waals surface area contributed by atoms with Gasteiger partial charge in [0.15, 0.2) is 5.11 Å². The largest absolute Gasteiger partial charge is 0.359 e. The molecule has 4 rings (SSSR count). The van der Waals surface area contributed by atoms with Gasteiger partial charge in [0.05, 0.1) is 11.4 Å². The topological polar surface area (TPSA) is 166 Å². The van der Waals surface area contributed by atoms with E-state index >= 15 is 0 Å². The standard InChI is InChI=1S/C22H25N5O5S5.C3H7NO/c28-21(24-25-22(33)23-16-6-2-1-3-7-16)15-12-17(26-36(29,30)19-8-4-10-34-19)14-18(13-15)27-37(31,32)20-9-5-11-35-20;1-4(2)3-5/h4-5,8-14,16,26-27H,1-3,6-7H2,(H,24,28)(H2,23,25,33);3H,1-2H3. The highest BCUT2D eigenvalue weighted by molar-refractivity contribution is 7.95. The second-order valence-electron chi connectivity index (χ2n) is 9.33. The Kier molecular flexibility index (Phi) is 12.1. The predicted octanol–water partition coefficient (Wildman–Crippen LogP) is 3.56. The number of thiophene rings is 2. The molecule has 0 unspecified atom stereocenters. The Hall–Kier alpha value is -3.25. The highest BCUT2D eigenvalue weighted by Crippen LogP contribution is 2.27. The van der Waals surface area contributed by atoms with Crippen LogP contribution >= 0.6 is 34.9 Å². The first kappa shape index (κ1) is 33.3. The molecule has 3 aromatic rings. The van der Waals surface area contributed by atoms with Crippen molar-refractivity contribution in [3.05, 3.63) is 58.8 Å². The van der Waals surface area contributed by atoms with Crippen LogP contribution < -0.4 is 25.6 Å². The van der Waals surface area contributed by atoms with E-state index in [9.17, 15) is 26.4 Å². The molecular formula is C25H32N6O6S5. The maximum atomic E-state index is 12.9. The fourth-order valence-electron chi connectivity index (χ4n) is 3.77. The van der Waals surface area contributed by atoms with Gasteiger partial charge in [0, 0.05) is 25.7 Å². The van der Waals surface area contributed by atoms with E-state index in [1.54, 1.807) is 37.0 Å². The van der Waals surface area contributed by atoms with Crippen molar-refractivity contribution in [1.82, 2.24) is 21.1 Å². The number of thiocarbonyl (C=S) groups is 1. The molecule has 1 aliphatic carbocycles. The van der Waals surface area contributed by atoms with Gasteiger partial charge in [-0.05, 0) is 66.2 Å². The van der Waals surface area contributed by atoms with Crippen molar-refractivity contribution in [2.75, 3.05) is 23.5 Å². The van der Waals surface area contributed by atoms with Gasteiger partial charge < -0.3 is 10.2 Å². The number of nitrogens with one attached hydrogen (secondary N) is 5. The summed E-state index contributed by atoms with van der Waals surface area (Å²) in [5.41, 5.74) is 5.15. The van der Waals surface area contributed by atoms with Crippen molar-refractivity contribution in [2.45, 2.75) is 46.6 Å². The highest BCUT2D eigenvalue weighted by atomic mass is 32.3.